The Hall–Kier alpha value is -1.68. The molecule has 2 rings (SSSR count). The molecule has 0 aliphatic carbocycles. The average molecular weight is 307 g/mol. The molecule has 0 aliphatic heterocycles. The highest BCUT2D eigenvalue weighted by atomic mass is 35.5. The zero-order chi connectivity index (χ0) is 15.7. The molecule has 1 heterocycles. The molecule has 1 aromatic carbocycles. The van der Waals surface area contributed by atoms with E-state index in [-0.39, 0.29) is 6.04 Å². The number of rotatable bonds is 4. The minimum absolute atomic E-state index is 0.108. The van der Waals surface area contributed by atoms with Gasteiger partial charge in [0.1, 0.15) is 0 Å². The molecule has 2 aromatic rings. The molecule has 0 amide bonds. The predicted molar refractivity (Wildman–Crippen MR) is 90.0 cm³/mol. The molecule has 1 aromatic heterocycles. The second-order valence-corrected chi connectivity index (χ2v) is 6.12. The van der Waals surface area contributed by atoms with Crippen molar-refractivity contribution in [2.24, 2.45) is 7.05 Å². The number of anilines is 2. The fraction of sp³-hybridized carbons (Fsp3) is 0.438. The summed E-state index contributed by atoms with van der Waals surface area (Å²) in [4.78, 5) is 2.12. The second kappa shape index (κ2) is 5.98. The molecule has 0 saturated heterocycles. The van der Waals surface area contributed by atoms with Crippen LogP contribution in [-0.2, 0) is 7.05 Å². The summed E-state index contributed by atoms with van der Waals surface area (Å²) >= 11 is 6.31. The van der Waals surface area contributed by atoms with E-state index < -0.39 is 0 Å². The van der Waals surface area contributed by atoms with Crippen LogP contribution in [0.25, 0.3) is 0 Å². The summed E-state index contributed by atoms with van der Waals surface area (Å²) in [5.74, 6) is 1.22. The van der Waals surface area contributed by atoms with Crippen molar-refractivity contribution in [3.05, 3.63) is 40.5 Å². The maximum Gasteiger partial charge on any atom is 0.150 e. The highest BCUT2D eigenvalue weighted by Gasteiger charge is 2.23. The Balaban J connectivity index is 2.41. The minimum atomic E-state index is 0.108. The van der Waals surface area contributed by atoms with E-state index >= 15 is 0 Å². The van der Waals surface area contributed by atoms with E-state index in [1.807, 2.05) is 43.0 Å². The second-order valence-electron chi connectivity index (χ2n) is 5.71. The van der Waals surface area contributed by atoms with Gasteiger partial charge in [-0.05, 0) is 24.5 Å². The Bertz CT molecular complexity index is 633. The van der Waals surface area contributed by atoms with Crippen molar-refractivity contribution >= 4 is 23.1 Å². The summed E-state index contributed by atoms with van der Waals surface area (Å²) in [5, 5.41) is 5.31. The molecule has 4 nitrogen and oxygen atoms in total. The van der Waals surface area contributed by atoms with Crippen LogP contribution < -0.4 is 10.6 Å². The van der Waals surface area contributed by atoms with Gasteiger partial charge >= 0.3 is 0 Å². The SMILES string of the molecule is CC(C)c1nn(C)c(N(C)C(C)c2ccccc2Cl)c1N. The Morgan fingerprint density at radius 1 is 1.24 bits per heavy atom. The highest BCUT2D eigenvalue weighted by molar-refractivity contribution is 6.31. The van der Waals surface area contributed by atoms with E-state index in [2.05, 4.69) is 30.8 Å². The lowest BCUT2D eigenvalue weighted by molar-refractivity contribution is 0.664. The quantitative estimate of drug-likeness (QED) is 0.929. The van der Waals surface area contributed by atoms with Crippen LogP contribution in [0.15, 0.2) is 24.3 Å². The van der Waals surface area contributed by atoms with Crippen molar-refractivity contribution in [3.63, 3.8) is 0 Å². The summed E-state index contributed by atoms with van der Waals surface area (Å²) in [6.07, 6.45) is 0. The van der Waals surface area contributed by atoms with Gasteiger partial charge in [0, 0.05) is 19.1 Å². The molecule has 0 radical (unpaired) electrons. The monoisotopic (exact) mass is 306 g/mol. The number of hydrogen-bond acceptors (Lipinski definition) is 3. The zero-order valence-electron chi connectivity index (χ0n) is 13.3. The number of halogens is 1. The molecule has 1 atom stereocenters. The number of aromatic nitrogens is 2. The van der Waals surface area contributed by atoms with Crippen LogP contribution in [0.1, 0.15) is 44.0 Å². The third kappa shape index (κ3) is 2.86. The van der Waals surface area contributed by atoms with Gasteiger partial charge < -0.3 is 10.6 Å². The number of nitrogens with two attached hydrogens (primary N) is 1. The summed E-state index contributed by atoms with van der Waals surface area (Å²) in [6.45, 7) is 6.31. The number of aryl methyl sites for hydroxylation is 1. The molecule has 114 valence electrons. The van der Waals surface area contributed by atoms with Crippen LogP contribution in [0.3, 0.4) is 0 Å². The first-order valence-electron chi connectivity index (χ1n) is 7.14. The van der Waals surface area contributed by atoms with Crippen molar-refractivity contribution in [1.82, 2.24) is 9.78 Å². The Kier molecular flexibility index (Phi) is 4.47. The molecule has 21 heavy (non-hydrogen) atoms. The summed E-state index contributed by atoms with van der Waals surface area (Å²) < 4.78 is 1.85. The lowest BCUT2D eigenvalue weighted by Gasteiger charge is -2.28. The first-order chi connectivity index (χ1) is 9.84. The van der Waals surface area contributed by atoms with E-state index in [0.717, 1.165) is 27.8 Å². The van der Waals surface area contributed by atoms with Crippen molar-refractivity contribution in [2.45, 2.75) is 32.7 Å². The number of nitrogens with zero attached hydrogens (tertiary/aromatic N) is 3. The van der Waals surface area contributed by atoms with Gasteiger partial charge in [0.15, 0.2) is 5.82 Å². The minimum Gasteiger partial charge on any atom is -0.394 e. The molecular weight excluding hydrogens is 284 g/mol. The first-order valence-corrected chi connectivity index (χ1v) is 7.52. The normalized spacial score (nSPS) is 12.7. The van der Waals surface area contributed by atoms with E-state index in [0.29, 0.717) is 5.92 Å². The third-order valence-corrected chi connectivity index (χ3v) is 4.24. The lowest BCUT2D eigenvalue weighted by Crippen LogP contribution is -2.25. The Labute approximate surface area is 131 Å². The van der Waals surface area contributed by atoms with Crippen LogP contribution in [0, 0.1) is 0 Å². The first kappa shape index (κ1) is 15.7. The van der Waals surface area contributed by atoms with Crippen LogP contribution in [0.2, 0.25) is 5.02 Å². The standard InChI is InChI=1S/C16H23ClN4/c1-10(2)15-14(18)16(21(5)19-15)20(4)11(3)12-8-6-7-9-13(12)17/h6-11H,18H2,1-5H3. The van der Waals surface area contributed by atoms with Crippen molar-refractivity contribution in [1.29, 1.82) is 0 Å². The van der Waals surface area contributed by atoms with Gasteiger partial charge in [0.25, 0.3) is 0 Å². The van der Waals surface area contributed by atoms with Crippen LogP contribution >= 0.6 is 11.6 Å². The summed E-state index contributed by atoms with van der Waals surface area (Å²) in [6, 6.07) is 8.00. The average Bonchev–Trinajstić information content (AvgIpc) is 2.73. The molecule has 5 heteroatoms. The van der Waals surface area contributed by atoms with E-state index in [1.165, 1.54) is 0 Å². The number of hydrogen-bond donors (Lipinski definition) is 1. The van der Waals surface area contributed by atoms with E-state index in [4.69, 9.17) is 17.3 Å². The molecule has 0 spiro atoms. The summed E-state index contributed by atoms with van der Waals surface area (Å²) in [5.41, 5.74) is 9.06. The van der Waals surface area contributed by atoms with Gasteiger partial charge in [-0.25, -0.2) is 0 Å². The molecule has 2 N–H and O–H groups in total. The maximum absolute atomic E-state index is 6.31. The van der Waals surface area contributed by atoms with Gasteiger partial charge in [-0.1, -0.05) is 43.6 Å². The topological polar surface area (TPSA) is 47.1 Å². The fourth-order valence-electron chi connectivity index (χ4n) is 2.60. The third-order valence-electron chi connectivity index (χ3n) is 3.90. The van der Waals surface area contributed by atoms with E-state index in [9.17, 15) is 0 Å². The van der Waals surface area contributed by atoms with Crippen molar-refractivity contribution < 1.29 is 0 Å². The molecule has 0 bridgehead atoms. The zero-order valence-corrected chi connectivity index (χ0v) is 14.0. The van der Waals surface area contributed by atoms with Gasteiger partial charge in [-0.2, -0.15) is 5.10 Å². The molecular formula is C16H23ClN4. The van der Waals surface area contributed by atoms with Gasteiger partial charge in [-0.15, -0.1) is 0 Å². The summed E-state index contributed by atoms with van der Waals surface area (Å²) in [7, 11) is 3.94. The van der Waals surface area contributed by atoms with Crippen molar-refractivity contribution in [3.8, 4) is 0 Å². The largest absolute Gasteiger partial charge is 0.394 e. The number of nitrogen functional groups attached to an aromatic ring is 1. The molecule has 0 saturated carbocycles. The van der Waals surface area contributed by atoms with Crippen molar-refractivity contribution in [2.75, 3.05) is 17.7 Å². The highest BCUT2D eigenvalue weighted by Crippen LogP contribution is 2.35. The Morgan fingerprint density at radius 2 is 1.86 bits per heavy atom. The maximum atomic E-state index is 6.31. The lowest BCUT2D eigenvalue weighted by atomic mass is 10.1. The van der Waals surface area contributed by atoms with E-state index in [1.54, 1.807) is 0 Å². The van der Waals surface area contributed by atoms with Gasteiger partial charge in [0.2, 0.25) is 0 Å². The predicted octanol–water partition coefficient (Wildman–Crippen LogP) is 3.98. The molecule has 1 unspecified atom stereocenters. The Morgan fingerprint density at radius 3 is 2.38 bits per heavy atom. The molecule has 0 fully saturated rings. The molecule has 0 aliphatic rings. The van der Waals surface area contributed by atoms with Crippen LogP contribution in [-0.4, -0.2) is 16.8 Å². The van der Waals surface area contributed by atoms with Gasteiger partial charge in [0.05, 0.1) is 17.4 Å². The van der Waals surface area contributed by atoms with Crippen LogP contribution in [0.4, 0.5) is 11.5 Å². The van der Waals surface area contributed by atoms with Crippen LogP contribution in [0.5, 0.6) is 0 Å². The fourth-order valence-corrected chi connectivity index (χ4v) is 2.90. The van der Waals surface area contributed by atoms with Gasteiger partial charge in [-0.3, -0.25) is 4.68 Å². The number of benzene rings is 1. The smallest absolute Gasteiger partial charge is 0.150 e.